The zero-order valence-electron chi connectivity index (χ0n) is 11.4. The highest BCUT2D eigenvalue weighted by atomic mass is 14.8. The number of pyridine rings is 1. The van der Waals surface area contributed by atoms with Gasteiger partial charge in [0.1, 0.15) is 0 Å². The molecular formula is C17H18N2. The van der Waals surface area contributed by atoms with Crippen molar-refractivity contribution in [3.63, 3.8) is 0 Å². The van der Waals surface area contributed by atoms with Crippen LogP contribution in [0.25, 0.3) is 11.6 Å². The molecule has 2 nitrogen and oxygen atoms in total. The van der Waals surface area contributed by atoms with Crippen molar-refractivity contribution in [2.45, 2.75) is 6.92 Å². The van der Waals surface area contributed by atoms with Gasteiger partial charge in [0.2, 0.25) is 0 Å². The van der Waals surface area contributed by atoms with Crippen LogP contribution in [0.15, 0.2) is 55.3 Å². The maximum Gasteiger partial charge on any atom is 0.0629 e. The molecule has 1 aromatic carbocycles. The van der Waals surface area contributed by atoms with Crippen LogP contribution in [0.2, 0.25) is 0 Å². The van der Waals surface area contributed by atoms with Crippen LogP contribution < -0.4 is 5.32 Å². The van der Waals surface area contributed by atoms with E-state index in [1.54, 1.807) is 6.20 Å². The Balaban J connectivity index is 2.23. The Bertz CT molecular complexity index is 598. The molecule has 0 unspecified atom stereocenters. The Hall–Kier alpha value is -2.35. The van der Waals surface area contributed by atoms with E-state index in [9.17, 15) is 0 Å². The van der Waals surface area contributed by atoms with Gasteiger partial charge in [-0.1, -0.05) is 30.9 Å². The largest absolute Gasteiger partial charge is 0.388 e. The fraction of sp³-hybridized carbons (Fsp3) is 0.118. The predicted octanol–water partition coefficient (Wildman–Crippen LogP) is 4.16. The van der Waals surface area contributed by atoms with Crippen LogP contribution in [-0.2, 0) is 0 Å². The van der Waals surface area contributed by atoms with Crippen LogP contribution in [0, 0.1) is 6.92 Å². The Morgan fingerprint density at radius 2 is 2.11 bits per heavy atom. The number of nitrogens with zero attached hydrogens (tertiary/aromatic N) is 1. The molecule has 96 valence electrons. The number of nitrogens with one attached hydrogen (secondary N) is 1. The quantitative estimate of drug-likeness (QED) is 0.824. The monoisotopic (exact) mass is 250 g/mol. The van der Waals surface area contributed by atoms with E-state index in [-0.39, 0.29) is 0 Å². The van der Waals surface area contributed by atoms with Crippen LogP contribution in [-0.4, -0.2) is 12.0 Å². The van der Waals surface area contributed by atoms with Crippen molar-refractivity contribution in [3.8, 4) is 0 Å². The van der Waals surface area contributed by atoms with Crippen molar-refractivity contribution in [2.24, 2.45) is 0 Å². The van der Waals surface area contributed by atoms with Crippen molar-refractivity contribution in [2.75, 3.05) is 12.4 Å². The fourth-order valence-electron chi connectivity index (χ4n) is 1.90. The van der Waals surface area contributed by atoms with Crippen LogP contribution in [0.5, 0.6) is 0 Å². The lowest BCUT2D eigenvalue weighted by Crippen LogP contribution is -1.94. The Morgan fingerprint density at radius 1 is 1.26 bits per heavy atom. The molecule has 1 aromatic heterocycles. The van der Waals surface area contributed by atoms with Gasteiger partial charge in [-0.3, -0.25) is 4.98 Å². The van der Waals surface area contributed by atoms with E-state index >= 15 is 0 Å². The van der Waals surface area contributed by atoms with Crippen molar-refractivity contribution in [1.82, 2.24) is 4.98 Å². The number of hydrogen-bond donors (Lipinski definition) is 1. The average molecular weight is 250 g/mol. The van der Waals surface area contributed by atoms with E-state index < -0.39 is 0 Å². The van der Waals surface area contributed by atoms with Gasteiger partial charge in [0.05, 0.1) is 5.69 Å². The second-order valence-electron chi connectivity index (χ2n) is 4.41. The highest BCUT2D eigenvalue weighted by molar-refractivity contribution is 5.83. The molecule has 1 heterocycles. The molecule has 19 heavy (non-hydrogen) atoms. The normalized spacial score (nSPS) is 10.6. The first kappa shape index (κ1) is 13.1. The number of anilines is 1. The maximum atomic E-state index is 4.26. The van der Waals surface area contributed by atoms with E-state index in [1.807, 2.05) is 37.4 Å². The summed E-state index contributed by atoms with van der Waals surface area (Å²) in [6.45, 7) is 6.20. The van der Waals surface area contributed by atoms with Gasteiger partial charge in [-0.25, -0.2) is 0 Å². The molecule has 1 N–H and O–H groups in total. The number of rotatable bonds is 4. The second-order valence-corrected chi connectivity index (χ2v) is 4.41. The average Bonchev–Trinajstić information content (AvgIpc) is 2.45. The van der Waals surface area contributed by atoms with Gasteiger partial charge >= 0.3 is 0 Å². The summed E-state index contributed by atoms with van der Waals surface area (Å²) in [5, 5.41) is 3.21. The van der Waals surface area contributed by atoms with Gasteiger partial charge in [-0.2, -0.15) is 0 Å². The lowest BCUT2D eigenvalue weighted by molar-refractivity contribution is 1.30. The molecule has 0 saturated carbocycles. The Labute approximate surface area is 114 Å². The molecule has 0 fully saturated rings. The highest BCUT2D eigenvalue weighted by Crippen LogP contribution is 2.25. The predicted molar refractivity (Wildman–Crippen MR) is 83.0 cm³/mol. The Morgan fingerprint density at radius 3 is 2.79 bits per heavy atom. The third kappa shape index (κ3) is 3.32. The van der Waals surface area contributed by atoms with Crippen molar-refractivity contribution >= 4 is 17.3 Å². The Kier molecular flexibility index (Phi) is 4.14. The molecule has 0 saturated heterocycles. The van der Waals surface area contributed by atoms with Crippen LogP contribution in [0.4, 0.5) is 5.69 Å². The van der Waals surface area contributed by atoms with Gasteiger partial charge in [0.25, 0.3) is 0 Å². The standard InChI is InChI=1S/C17H18N2/c1-13-7-10-16(17(12-13)18-3)14(2)8-9-15-6-4-5-11-19-15/h4-12,18H,2H2,1,3H3/b9-8+. The van der Waals surface area contributed by atoms with E-state index in [4.69, 9.17) is 0 Å². The smallest absolute Gasteiger partial charge is 0.0629 e. The first-order valence-electron chi connectivity index (χ1n) is 6.27. The third-order valence-corrected chi connectivity index (χ3v) is 2.93. The first-order chi connectivity index (χ1) is 9.20. The van der Waals surface area contributed by atoms with E-state index in [1.165, 1.54) is 5.56 Å². The third-order valence-electron chi connectivity index (χ3n) is 2.93. The molecule has 0 atom stereocenters. The van der Waals surface area contributed by atoms with Crippen LogP contribution in [0.3, 0.4) is 0 Å². The lowest BCUT2D eigenvalue weighted by atomic mass is 10.0. The van der Waals surface area contributed by atoms with Crippen molar-refractivity contribution in [3.05, 3.63) is 72.1 Å². The van der Waals surface area contributed by atoms with E-state index in [0.717, 1.165) is 22.5 Å². The highest BCUT2D eigenvalue weighted by Gasteiger charge is 2.02. The summed E-state index contributed by atoms with van der Waals surface area (Å²) >= 11 is 0. The molecule has 0 bridgehead atoms. The van der Waals surface area contributed by atoms with Gasteiger partial charge in [-0.05, 0) is 42.3 Å². The number of allylic oxidation sites excluding steroid dienone is 2. The molecule has 2 aromatic rings. The number of benzene rings is 1. The molecular weight excluding hydrogens is 232 g/mol. The first-order valence-corrected chi connectivity index (χ1v) is 6.27. The minimum atomic E-state index is 0.932. The fourth-order valence-corrected chi connectivity index (χ4v) is 1.90. The number of hydrogen-bond acceptors (Lipinski definition) is 2. The lowest BCUT2D eigenvalue weighted by Gasteiger charge is -2.10. The molecule has 0 aliphatic carbocycles. The van der Waals surface area contributed by atoms with Crippen molar-refractivity contribution < 1.29 is 0 Å². The molecule has 0 aliphatic heterocycles. The van der Waals surface area contributed by atoms with E-state index in [0.29, 0.717) is 0 Å². The number of aromatic nitrogens is 1. The summed E-state index contributed by atoms with van der Waals surface area (Å²) in [6.07, 6.45) is 5.75. The minimum absolute atomic E-state index is 0.932. The summed E-state index contributed by atoms with van der Waals surface area (Å²) in [4.78, 5) is 4.26. The summed E-state index contributed by atoms with van der Waals surface area (Å²) in [5.74, 6) is 0. The summed E-state index contributed by atoms with van der Waals surface area (Å²) in [5.41, 5.74) is 5.34. The van der Waals surface area contributed by atoms with Crippen molar-refractivity contribution in [1.29, 1.82) is 0 Å². The summed E-state index contributed by atoms with van der Waals surface area (Å²) in [7, 11) is 1.92. The van der Waals surface area contributed by atoms with Gasteiger partial charge < -0.3 is 5.32 Å². The van der Waals surface area contributed by atoms with Crippen LogP contribution >= 0.6 is 0 Å². The molecule has 0 spiro atoms. The van der Waals surface area contributed by atoms with E-state index in [2.05, 4.69) is 42.0 Å². The van der Waals surface area contributed by atoms with Gasteiger partial charge in [0, 0.05) is 24.5 Å². The molecule has 2 heteroatoms. The van der Waals surface area contributed by atoms with Gasteiger partial charge in [0.15, 0.2) is 0 Å². The van der Waals surface area contributed by atoms with Crippen LogP contribution in [0.1, 0.15) is 16.8 Å². The zero-order chi connectivity index (χ0) is 13.7. The minimum Gasteiger partial charge on any atom is -0.388 e. The number of aryl methyl sites for hydroxylation is 1. The topological polar surface area (TPSA) is 24.9 Å². The molecule has 2 rings (SSSR count). The maximum absolute atomic E-state index is 4.26. The molecule has 0 amide bonds. The molecule has 0 radical (unpaired) electrons. The second kappa shape index (κ2) is 6.01. The summed E-state index contributed by atoms with van der Waals surface area (Å²) < 4.78 is 0. The van der Waals surface area contributed by atoms with Gasteiger partial charge in [-0.15, -0.1) is 0 Å². The zero-order valence-corrected chi connectivity index (χ0v) is 11.4. The SMILES string of the molecule is C=C(/C=C/c1ccccn1)c1ccc(C)cc1NC. The summed E-state index contributed by atoms with van der Waals surface area (Å²) in [6, 6.07) is 12.2. The molecule has 0 aliphatic rings.